The third-order valence-corrected chi connectivity index (χ3v) is 6.04. The molecule has 0 aliphatic carbocycles. The summed E-state index contributed by atoms with van der Waals surface area (Å²) in [5.74, 6) is -0.772. The number of carbonyl (C=O) groups is 1. The normalized spacial score (nSPS) is 15.4. The van der Waals surface area contributed by atoms with Gasteiger partial charge in [0.15, 0.2) is 0 Å². The molecule has 0 saturated carbocycles. The number of nitrogens with one attached hydrogen (secondary N) is 3. The molecule has 5 rings (SSSR count). The monoisotopic (exact) mass is 495 g/mol. The lowest BCUT2D eigenvalue weighted by molar-refractivity contribution is -0.119. The van der Waals surface area contributed by atoms with Crippen LogP contribution in [0, 0.1) is 17.6 Å². The zero-order valence-corrected chi connectivity index (χ0v) is 19.1. The van der Waals surface area contributed by atoms with E-state index in [0.717, 1.165) is 11.6 Å². The smallest absolute Gasteiger partial charge is 0.258 e. The third kappa shape index (κ3) is 5.14. The molecule has 4 aromatic rings. The molecule has 3 heterocycles. The Morgan fingerprint density at radius 2 is 1.89 bits per heavy atom. The summed E-state index contributed by atoms with van der Waals surface area (Å²) in [6.45, 7) is 1.12. The number of anilines is 1. The third-order valence-electron chi connectivity index (χ3n) is 5.82. The van der Waals surface area contributed by atoms with Gasteiger partial charge in [-0.2, -0.15) is 0 Å². The van der Waals surface area contributed by atoms with Crippen LogP contribution < -0.4 is 16.2 Å². The first kappa shape index (κ1) is 22.9. The molecule has 7 nitrogen and oxygen atoms in total. The minimum absolute atomic E-state index is 0.0202. The number of hydrogen-bond donors (Lipinski definition) is 3. The Kier molecular flexibility index (Phi) is 6.17. The van der Waals surface area contributed by atoms with Crippen molar-refractivity contribution in [3.05, 3.63) is 87.1 Å². The summed E-state index contributed by atoms with van der Waals surface area (Å²) in [6, 6.07) is 9.92. The maximum absolute atomic E-state index is 13.5. The Balaban J connectivity index is 1.40. The fourth-order valence-corrected chi connectivity index (χ4v) is 4.35. The van der Waals surface area contributed by atoms with Crippen molar-refractivity contribution in [2.24, 2.45) is 5.92 Å². The van der Waals surface area contributed by atoms with Crippen LogP contribution in [0.15, 0.2) is 53.5 Å². The van der Waals surface area contributed by atoms with E-state index in [1.54, 1.807) is 30.5 Å². The van der Waals surface area contributed by atoms with Gasteiger partial charge in [-0.15, -0.1) is 0 Å². The van der Waals surface area contributed by atoms with Gasteiger partial charge >= 0.3 is 0 Å². The van der Waals surface area contributed by atoms with E-state index >= 15 is 0 Å². The van der Waals surface area contributed by atoms with Crippen molar-refractivity contribution < 1.29 is 13.6 Å². The SMILES string of the molecule is O=C1C[C@H](CNc2cc(Cl)cc3c(=O)[nH]c(Cc4ccc(-c5cc(F)cc(F)c5)nc4)nc23)CN1. The molecular weight excluding hydrogens is 476 g/mol. The number of nitrogens with zero attached hydrogens (tertiary/aromatic N) is 2. The number of pyridine rings is 1. The van der Waals surface area contributed by atoms with E-state index in [1.807, 2.05) is 0 Å². The molecular formula is C25H20ClF2N5O2. The molecule has 1 amide bonds. The van der Waals surface area contributed by atoms with Crippen LogP contribution in [0.3, 0.4) is 0 Å². The first-order chi connectivity index (χ1) is 16.8. The van der Waals surface area contributed by atoms with Gasteiger partial charge in [0.25, 0.3) is 5.56 Å². The second-order valence-corrected chi connectivity index (χ2v) is 8.94. The molecule has 3 N–H and O–H groups in total. The summed E-state index contributed by atoms with van der Waals surface area (Å²) in [5.41, 5.74) is 2.28. The molecule has 178 valence electrons. The number of fused-ring (bicyclic) bond motifs is 1. The molecule has 10 heteroatoms. The van der Waals surface area contributed by atoms with Crippen molar-refractivity contribution >= 4 is 34.1 Å². The molecule has 1 fully saturated rings. The van der Waals surface area contributed by atoms with E-state index in [1.165, 1.54) is 12.1 Å². The number of aromatic amines is 1. The fourth-order valence-electron chi connectivity index (χ4n) is 4.13. The van der Waals surface area contributed by atoms with Gasteiger partial charge in [-0.05, 0) is 35.9 Å². The van der Waals surface area contributed by atoms with Crippen LogP contribution in [0.25, 0.3) is 22.2 Å². The lowest BCUT2D eigenvalue weighted by Gasteiger charge is -2.13. The number of aromatic nitrogens is 3. The van der Waals surface area contributed by atoms with Gasteiger partial charge in [-0.3, -0.25) is 14.6 Å². The molecule has 1 saturated heterocycles. The Morgan fingerprint density at radius 3 is 2.57 bits per heavy atom. The lowest BCUT2D eigenvalue weighted by Crippen LogP contribution is -2.19. The van der Waals surface area contributed by atoms with E-state index in [2.05, 4.69) is 25.6 Å². The van der Waals surface area contributed by atoms with Gasteiger partial charge in [0.1, 0.15) is 23.0 Å². The van der Waals surface area contributed by atoms with Crippen molar-refractivity contribution in [1.82, 2.24) is 20.3 Å². The number of amides is 1. The molecule has 2 aromatic carbocycles. The van der Waals surface area contributed by atoms with Gasteiger partial charge in [-0.1, -0.05) is 17.7 Å². The van der Waals surface area contributed by atoms with Gasteiger partial charge < -0.3 is 15.6 Å². The van der Waals surface area contributed by atoms with Crippen molar-refractivity contribution in [3.63, 3.8) is 0 Å². The Morgan fingerprint density at radius 1 is 1.09 bits per heavy atom. The summed E-state index contributed by atoms with van der Waals surface area (Å²) in [5, 5.41) is 6.83. The van der Waals surface area contributed by atoms with Crippen LogP contribution in [0.4, 0.5) is 14.5 Å². The zero-order chi connectivity index (χ0) is 24.5. The van der Waals surface area contributed by atoms with Crippen LogP contribution in [-0.2, 0) is 11.2 Å². The molecule has 0 radical (unpaired) electrons. The molecule has 35 heavy (non-hydrogen) atoms. The highest BCUT2D eigenvalue weighted by Crippen LogP contribution is 2.26. The number of hydrogen-bond acceptors (Lipinski definition) is 5. The highest BCUT2D eigenvalue weighted by molar-refractivity contribution is 6.31. The summed E-state index contributed by atoms with van der Waals surface area (Å²) in [6.07, 6.45) is 2.31. The largest absolute Gasteiger partial charge is 0.383 e. The predicted octanol–water partition coefficient (Wildman–Crippen LogP) is 4.06. The molecule has 1 atom stereocenters. The second kappa shape index (κ2) is 9.42. The first-order valence-electron chi connectivity index (χ1n) is 11.0. The maximum atomic E-state index is 13.5. The maximum Gasteiger partial charge on any atom is 0.258 e. The Hall–Kier alpha value is -3.85. The molecule has 1 aliphatic heterocycles. The number of halogens is 3. The van der Waals surface area contributed by atoms with Gasteiger partial charge in [0.2, 0.25) is 5.91 Å². The van der Waals surface area contributed by atoms with E-state index in [0.29, 0.717) is 64.6 Å². The highest BCUT2D eigenvalue weighted by atomic mass is 35.5. The average Bonchev–Trinajstić information content (AvgIpc) is 3.23. The van der Waals surface area contributed by atoms with E-state index < -0.39 is 11.6 Å². The van der Waals surface area contributed by atoms with Crippen molar-refractivity contribution in [1.29, 1.82) is 0 Å². The molecule has 1 aliphatic rings. The van der Waals surface area contributed by atoms with Gasteiger partial charge in [0.05, 0.1) is 16.8 Å². The lowest BCUT2D eigenvalue weighted by atomic mass is 10.1. The zero-order valence-electron chi connectivity index (χ0n) is 18.4. The van der Waals surface area contributed by atoms with Gasteiger partial charge in [-0.25, -0.2) is 13.8 Å². The number of H-pyrrole nitrogens is 1. The minimum Gasteiger partial charge on any atom is -0.383 e. The summed E-state index contributed by atoms with van der Waals surface area (Å²) < 4.78 is 27.0. The molecule has 2 aromatic heterocycles. The summed E-state index contributed by atoms with van der Waals surface area (Å²) in [7, 11) is 0. The first-order valence-corrected chi connectivity index (χ1v) is 11.4. The van der Waals surface area contributed by atoms with Gasteiger partial charge in [0, 0.05) is 54.7 Å². The topological polar surface area (TPSA) is 99.8 Å². The predicted molar refractivity (Wildman–Crippen MR) is 129 cm³/mol. The Bertz CT molecular complexity index is 1470. The standard InChI is InChI=1S/C25H20ClF2N5O2/c26-16-7-19-24(21(8-16)30-11-14-4-23(34)31-12-14)32-22(33-25(19)35)3-13-1-2-20(29-10-13)15-5-17(27)9-18(28)6-15/h1-2,5-10,14,30H,3-4,11-12H2,(H,31,34)(H,32,33,35)/t14-/m1/s1. The van der Waals surface area contributed by atoms with Crippen molar-refractivity contribution in [3.8, 4) is 11.3 Å². The second-order valence-electron chi connectivity index (χ2n) is 8.50. The highest BCUT2D eigenvalue weighted by Gasteiger charge is 2.21. The van der Waals surface area contributed by atoms with Crippen LogP contribution >= 0.6 is 11.6 Å². The number of benzene rings is 2. The molecule has 0 spiro atoms. The van der Waals surface area contributed by atoms with Crippen LogP contribution in [0.2, 0.25) is 5.02 Å². The fraction of sp³-hybridized carbons (Fsp3) is 0.200. The minimum atomic E-state index is -0.677. The van der Waals surface area contributed by atoms with E-state index in [-0.39, 0.29) is 17.4 Å². The summed E-state index contributed by atoms with van der Waals surface area (Å²) >= 11 is 6.23. The van der Waals surface area contributed by atoms with Crippen LogP contribution in [-0.4, -0.2) is 33.9 Å². The number of carbonyl (C=O) groups excluding carboxylic acids is 1. The molecule has 0 unspecified atom stereocenters. The van der Waals surface area contributed by atoms with Crippen molar-refractivity contribution in [2.75, 3.05) is 18.4 Å². The Labute approximate surface area is 203 Å². The van der Waals surface area contributed by atoms with Crippen LogP contribution in [0.1, 0.15) is 17.8 Å². The number of rotatable bonds is 6. The quantitative estimate of drug-likeness (QED) is 0.374. The van der Waals surface area contributed by atoms with E-state index in [9.17, 15) is 18.4 Å². The van der Waals surface area contributed by atoms with Crippen molar-refractivity contribution in [2.45, 2.75) is 12.8 Å². The molecule has 0 bridgehead atoms. The van der Waals surface area contributed by atoms with E-state index in [4.69, 9.17) is 11.6 Å². The average molecular weight is 496 g/mol. The summed E-state index contributed by atoms with van der Waals surface area (Å²) in [4.78, 5) is 36.0. The van der Waals surface area contributed by atoms with Crippen LogP contribution in [0.5, 0.6) is 0 Å².